The van der Waals surface area contributed by atoms with Gasteiger partial charge in [0.2, 0.25) is 5.82 Å². The summed E-state index contributed by atoms with van der Waals surface area (Å²) in [6, 6.07) is 3.93. The van der Waals surface area contributed by atoms with Gasteiger partial charge in [-0.25, -0.2) is 19.2 Å². The number of hydrogen-bond donors (Lipinski definition) is 1. The van der Waals surface area contributed by atoms with E-state index in [2.05, 4.69) is 35.5 Å². The standard InChI is InChI=1S/C15H14N10/c1-9-5-10(2)25(20-9)8-23-4-3-12(21-23)14-18-15-11-6-17-19-13(11)16-7-24(15)22-14/h3-7H,8H2,1-2H3,(H,17,19). The van der Waals surface area contributed by atoms with E-state index in [1.54, 1.807) is 17.0 Å². The highest BCUT2D eigenvalue weighted by molar-refractivity contribution is 5.88. The molecular weight excluding hydrogens is 320 g/mol. The highest BCUT2D eigenvalue weighted by atomic mass is 15.4. The van der Waals surface area contributed by atoms with Crippen LogP contribution in [-0.4, -0.2) is 49.3 Å². The summed E-state index contributed by atoms with van der Waals surface area (Å²) < 4.78 is 5.35. The number of aromatic nitrogens is 10. The third-order valence-electron chi connectivity index (χ3n) is 4.04. The summed E-state index contributed by atoms with van der Waals surface area (Å²) in [5.74, 6) is 0.544. The van der Waals surface area contributed by atoms with Gasteiger partial charge in [-0.2, -0.15) is 15.3 Å². The number of rotatable bonds is 3. The molecule has 0 fully saturated rings. The van der Waals surface area contributed by atoms with Gasteiger partial charge in [-0.15, -0.1) is 5.10 Å². The highest BCUT2D eigenvalue weighted by Crippen LogP contribution is 2.18. The minimum atomic E-state index is 0.542. The van der Waals surface area contributed by atoms with Crippen molar-refractivity contribution >= 4 is 16.7 Å². The first-order valence-electron chi connectivity index (χ1n) is 7.77. The predicted molar refractivity (Wildman–Crippen MR) is 88.8 cm³/mol. The molecule has 124 valence electrons. The molecule has 0 saturated carbocycles. The molecule has 0 radical (unpaired) electrons. The summed E-state index contributed by atoms with van der Waals surface area (Å²) in [6.07, 6.45) is 5.19. The van der Waals surface area contributed by atoms with Gasteiger partial charge in [0.1, 0.15) is 18.7 Å². The summed E-state index contributed by atoms with van der Waals surface area (Å²) in [7, 11) is 0. The fourth-order valence-corrected chi connectivity index (χ4v) is 2.86. The van der Waals surface area contributed by atoms with E-state index in [0.29, 0.717) is 29.5 Å². The second-order valence-corrected chi connectivity index (χ2v) is 5.89. The number of hydrogen-bond acceptors (Lipinski definition) is 6. The van der Waals surface area contributed by atoms with Crippen molar-refractivity contribution < 1.29 is 0 Å². The lowest BCUT2D eigenvalue weighted by atomic mass is 10.4. The zero-order valence-corrected chi connectivity index (χ0v) is 13.6. The Hall–Kier alpha value is -3.56. The van der Waals surface area contributed by atoms with Crippen LogP contribution in [0.5, 0.6) is 0 Å². The monoisotopic (exact) mass is 334 g/mol. The number of aryl methyl sites for hydroxylation is 2. The van der Waals surface area contributed by atoms with E-state index in [0.717, 1.165) is 16.8 Å². The van der Waals surface area contributed by atoms with E-state index >= 15 is 0 Å². The van der Waals surface area contributed by atoms with Crippen LogP contribution < -0.4 is 0 Å². The normalized spacial score (nSPS) is 11.8. The number of fused-ring (bicyclic) bond motifs is 3. The zero-order valence-electron chi connectivity index (χ0n) is 13.6. The van der Waals surface area contributed by atoms with Gasteiger partial charge >= 0.3 is 0 Å². The fourth-order valence-electron chi connectivity index (χ4n) is 2.86. The Balaban J connectivity index is 1.52. The Labute approximate surface area is 141 Å². The summed E-state index contributed by atoms with van der Waals surface area (Å²) in [4.78, 5) is 8.83. The number of nitrogens with one attached hydrogen (secondary N) is 1. The van der Waals surface area contributed by atoms with E-state index in [9.17, 15) is 0 Å². The molecule has 0 aliphatic carbocycles. The lowest BCUT2D eigenvalue weighted by Crippen LogP contribution is -2.11. The number of H-pyrrole nitrogens is 1. The molecule has 5 rings (SSSR count). The smallest absolute Gasteiger partial charge is 0.202 e. The number of aromatic amines is 1. The SMILES string of the molecule is Cc1cc(C)n(Cn2ccc(-c3nc4c5cn[nH]c5ncn4n3)n2)n1. The van der Waals surface area contributed by atoms with Crippen LogP contribution in [0.2, 0.25) is 0 Å². The first-order valence-corrected chi connectivity index (χ1v) is 7.77. The predicted octanol–water partition coefficient (Wildman–Crippen LogP) is 1.18. The second kappa shape index (κ2) is 4.97. The van der Waals surface area contributed by atoms with Crippen LogP contribution in [0.3, 0.4) is 0 Å². The molecule has 0 spiro atoms. The largest absolute Gasteiger partial charge is 0.261 e. The van der Waals surface area contributed by atoms with Crippen molar-refractivity contribution in [3.05, 3.63) is 42.2 Å². The van der Waals surface area contributed by atoms with Crippen molar-refractivity contribution in [2.24, 2.45) is 0 Å². The molecule has 25 heavy (non-hydrogen) atoms. The Morgan fingerprint density at radius 2 is 2.08 bits per heavy atom. The van der Waals surface area contributed by atoms with Crippen LogP contribution in [-0.2, 0) is 6.67 Å². The third kappa shape index (κ3) is 2.18. The van der Waals surface area contributed by atoms with Gasteiger partial charge in [-0.05, 0) is 26.0 Å². The van der Waals surface area contributed by atoms with Gasteiger partial charge < -0.3 is 0 Å². The van der Waals surface area contributed by atoms with Crippen LogP contribution in [0, 0.1) is 13.8 Å². The molecule has 0 saturated heterocycles. The molecule has 10 heteroatoms. The molecule has 0 aliphatic rings. The summed E-state index contributed by atoms with van der Waals surface area (Å²) >= 11 is 0. The summed E-state index contributed by atoms with van der Waals surface area (Å²) in [6.45, 7) is 4.54. The average molecular weight is 334 g/mol. The van der Waals surface area contributed by atoms with E-state index in [1.807, 2.05) is 41.5 Å². The van der Waals surface area contributed by atoms with E-state index in [1.165, 1.54) is 0 Å². The Bertz CT molecular complexity index is 1200. The molecule has 0 aliphatic heterocycles. The van der Waals surface area contributed by atoms with Crippen molar-refractivity contribution in [3.63, 3.8) is 0 Å². The van der Waals surface area contributed by atoms with Crippen molar-refractivity contribution in [1.82, 2.24) is 49.3 Å². The molecule has 0 amide bonds. The van der Waals surface area contributed by atoms with Crippen LogP contribution in [0.1, 0.15) is 11.4 Å². The fraction of sp³-hybridized carbons (Fsp3) is 0.200. The van der Waals surface area contributed by atoms with Crippen LogP contribution in [0.15, 0.2) is 30.9 Å². The maximum Gasteiger partial charge on any atom is 0.202 e. The van der Waals surface area contributed by atoms with Crippen molar-refractivity contribution in [2.75, 3.05) is 0 Å². The van der Waals surface area contributed by atoms with E-state index in [4.69, 9.17) is 0 Å². The van der Waals surface area contributed by atoms with Crippen molar-refractivity contribution in [1.29, 1.82) is 0 Å². The quantitative estimate of drug-likeness (QED) is 0.531. The zero-order chi connectivity index (χ0) is 17.0. The lowest BCUT2D eigenvalue weighted by molar-refractivity contribution is 0.492. The molecular formula is C15H14N10. The molecule has 0 aromatic carbocycles. The van der Waals surface area contributed by atoms with Gasteiger partial charge in [0.15, 0.2) is 11.3 Å². The van der Waals surface area contributed by atoms with Crippen molar-refractivity contribution in [3.8, 4) is 11.5 Å². The maximum atomic E-state index is 4.58. The molecule has 0 bridgehead atoms. The van der Waals surface area contributed by atoms with Gasteiger partial charge in [0, 0.05) is 11.9 Å². The molecule has 10 nitrogen and oxygen atoms in total. The molecule has 5 aromatic rings. The minimum absolute atomic E-state index is 0.542. The first kappa shape index (κ1) is 13.8. The van der Waals surface area contributed by atoms with Gasteiger partial charge in [0.25, 0.3) is 0 Å². The summed E-state index contributed by atoms with van der Waals surface area (Å²) in [5, 5.41) is 21.1. The third-order valence-corrected chi connectivity index (χ3v) is 4.04. The van der Waals surface area contributed by atoms with Crippen LogP contribution >= 0.6 is 0 Å². The van der Waals surface area contributed by atoms with Crippen LogP contribution in [0.4, 0.5) is 0 Å². The number of nitrogens with zero attached hydrogens (tertiary/aromatic N) is 9. The lowest BCUT2D eigenvalue weighted by Gasteiger charge is -2.03. The minimum Gasteiger partial charge on any atom is -0.261 e. The summed E-state index contributed by atoms with van der Waals surface area (Å²) in [5.41, 5.74) is 4.16. The van der Waals surface area contributed by atoms with Crippen molar-refractivity contribution in [2.45, 2.75) is 20.5 Å². The van der Waals surface area contributed by atoms with Crippen LogP contribution in [0.25, 0.3) is 28.2 Å². The second-order valence-electron chi connectivity index (χ2n) is 5.89. The molecule has 5 aromatic heterocycles. The van der Waals surface area contributed by atoms with E-state index < -0.39 is 0 Å². The average Bonchev–Trinajstić information content (AvgIpc) is 3.33. The Morgan fingerprint density at radius 1 is 1.16 bits per heavy atom. The van der Waals surface area contributed by atoms with Gasteiger partial charge in [-0.1, -0.05) is 0 Å². The molecule has 0 unspecified atom stereocenters. The Morgan fingerprint density at radius 3 is 2.92 bits per heavy atom. The highest BCUT2D eigenvalue weighted by Gasteiger charge is 2.13. The first-order chi connectivity index (χ1) is 12.2. The maximum absolute atomic E-state index is 4.58. The van der Waals surface area contributed by atoms with E-state index in [-0.39, 0.29) is 0 Å². The topological polar surface area (TPSA) is 107 Å². The van der Waals surface area contributed by atoms with Gasteiger partial charge in [-0.3, -0.25) is 9.78 Å². The molecule has 5 heterocycles. The Kier molecular flexibility index (Phi) is 2.75. The van der Waals surface area contributed by atoms with Gasteiger partial charge in [0.05, 0.1) is 17.3 Å². The molecule has 1 N–H and O–H groups in total. The molecule has 0 atom stereocenters.